The van der Waals surface area contributed by atoms with Gasteiger partial charge in [0.15, 0.2) is 6.10 Å². The number of halogens is 1. The molecule has 0 spiro atoms. The molecule has 0 fully saturated rings. The molecule has 4 nitrogen and oxygen atoms in total. The second kappa shape index (κ2) is 6.63. The monoisotopic (exact) mass is 348 g/mol. The van der Waals surface area contributed by atoms with Gasteiger partial charge in [-0.25, -0.2) is 0 Å². The maximum absolute atomic E-state index is 12.2. The zero-order chi connectivity index (χ0) is 15.4. The number of amides is 1. The van der Waals surface area contributed by atoms with Crippen molar-refractivity contribution < 1.29 is 9.53 Å². The van der Waals surface area contributed by atoms with E-state index >= 15 is 0 Å². The van der Waals surface area contributed by atoms with Gasteiger partial charge in [0.25, 0.3) is 5.91 Å². The summed E-state index contributed by atoms with van der Waals surface area (Å²) in [6.07, 6.45) is -0.611. The molecule has 1 unspecified atom stereocenters. The lowest BCUT2D eigenvalue weighted by molar-refractivity contribution is -0.122. The van der Waals surface area contributed by atoms with Gasteiger partial charge in [0.2, 0.25) is 0 Å². The number of carbonyl (C=O) groups is 1. The van der Waals surface area contributed by atoms with Gasteiger partial charge in [0, 0.05) is 11.4 Å². The van der Waals surface area contributed by atoms with E-state index in [2.05, 4.69) is 21.2 Å². The van der Waals surface area contributed by atoms with Crippen LogP contribution in [0.15, 0.2) is 46.9 Å². The van der Waals surface area contributed by atoms with Crippen LogP contribution in [-0.4, -0.2) is 12.0 Å². The first kappa shape index (κ1) is 15.4. The quantitative estimate of drug-likeness (QED) is 0.827. The van der Waals surface area contributed by atoms with Gasteiger partial charge in [-0.15, -0.1) is 0 Å². The Labute approximate surface area is 132 Å². The molecule has 0 radical (unpaired) electrons. The average molecular weight is 349 g/mol. The number of para-hydroxylation sites is 1. The summed E-state index contributed by atoms with van der Waals surface area (Å²) in [6, 6.07) is 12.8. The van der Waals surface area contributed by atoms with E-state index in [9.17, 15) is 4.79 Å². The van der Waals surface area contributed by atoms with Crippen molar-refractivity contribution in [3.63, 3.8) is 0 Å². The first-order valence-electron chi connectivity index (χ1n) is 6.55. The number of rotatable bonds is 4. The minimum absolute atomic E-state index is 0.210. The fourth-order valence-corrected chi connectivity index (χ4v) is 2.22. The van der Waals surface area contributed by atoms with E-state index in [1.165, 1.54) is 0 Å². The van der Waals surface area contributed by atoms with Gasteiger partial charge in [-0.3, -0.25) is 4.79 Å². The largest absolute Gasteiger partial charge is 0.480 e. The van der Waals surface area contributed by atoms with Crippen molar-refractivity contribution in [2.24, 2.45) is 0 Å². The molecule has 0 aromatic heterocycles. The molecule has 1 amide bonds. The van der Waals surface area contributed by atoms with Crippen molar-refractivity contribution in [3.05, 3.63) is 52.5 Å². The SMILES string of the molecule is Cc1cc(N)ccc1NC(=O)C(C)Oc1ccccc1Br. The predicted molar refractivity (Wildman–Crippen MR) is 88.5 cm³/mol. The number of ether oxygens (including phenoxy) is 1. The molecule has 2 aromatic rings. The fraction of sp³-hybridized carbons (Fsp3) is 0.188. The van der Waals surface area contributed by atoms with Crippen molar-refractivity contribution in [2.45, 2.75) is 20.0 Å². The number of nitrogens with one attached hydrogen (secondary N) is 1. The molecule has 1 atom stereocenters. The minimum atomic E-state index is -0.611. The van der Waals surface area contributed by atoms with Gasteiger partial charge in [-0.2, -0.15) is 0 Å². The Bertz CT molecular complexity index is 658. The van der Waals surface area contributed by atoms with Crippen LogP contribution in [0.5, 0.6) is 5.75 Å². The van der Waals surface area contributed by atoms with Crippen LogP contribution in [0, 0.1) is 6.92 Å². The molecular formula is C16H17BrN2O2. The minimum Gasteiger partial charge on any atom is -0.480 e. The second-order valence-corrected chi connectivity index (χ2v) is 5.61. The normalized spacial score (nSPS) is 11.8. The highest BCUT2D eigenvalue weighted by atomic mass is 79.9. The second-order valence-electron chi connectivity index (χ2n) is 4.75. The summed E-state index contributed by atoms with van der Waals surface area (Å²) in [5.74, 6) is 0.424. The Morgan fingerprint density at radius 2 is 2.00 bits per heavy atom. The lowest BCUT2D eigenvalue weighted by Crippen LogP contribution is -2.30. The van der Waals surface area contributed by atoms with Crippen LogP contribution >= 0.6 is 15.9 Å². The molecule has 0 saturated heterocycles. The highest BCUT2D eigenvalue weighted by molar-refractivity contribution is 9.10. The zero-order valence-corrected chi connectivity index (χ0v) is 13.5. The molecular weight excluding hydrogens is 332 g/mol. The summed E-state index contributed by atoms with van der Waals surface area (Å²) in [4.78, 5) is 12.2. The highest BCUT2D eigenvalue weighted by Gasteiger charge is 2.16. The van der Waals surface area contributed by atoms with E-state index in [0.717, 1.165) is 15.7 Å². The average Bonchev–Trinajstić information content (AvgIpc) is 2.44. The van der Waals surface area contributed by atoms with Gasteiger partial charge in [-0.05, 0) is 65.7 Å². The Balaban J connectivity index is 2.04. The summed E-state index contributed by atoms with van der Waals surface area (Å²) in [7, 11) is 0. The van der Waals surface area contributed by atoms with Crippen LogP contribution in [0.1, 0.15) is 12.5 Å². The summed E-state index contributed by atoms with van der Waals surface area (Å²) < 4.78 is 6.47. The van der Waals surface area contributed by atoms with Crippen LogP contribution in [0.25, 0.3) is 0 Å². The van der Waals surface area contributed by atoms with E-state index in [-0.39, 0.29) is 5.91 Å². The van der Waals surface area contributed by atoms with Crippen LogP contribution in [0.2, 0.25) is 0 Å². The van der Waals surface area contributed by atoms with Crippen LogP contribution in [-0.2, 0) is 4.79 Å². The summed E-state index contributed by atoms with van der Waals surface area (Å²) in [5.41, 5.74) is 8.01. The number of carbonyl (C=O) groups excluding carboxylic acids is 1. The van der Waals surface area contributed by atoms with Crippen molar-refractivity contribution in [1.82, 2.24) is 0 Å². The lowest BCUT2D eigenvalue weighted by Gasteiger charge is -2.16. The molecule has 110 valence electrons. The predicted octanol–water partition coefficient (Wildman–Crippen LogP) is 3.75. The third-order valence-corrected chi connectivity index (χ3v) is 3.67. The summed E-state index contributed by atoms with van der Waals surface area (Å²) >= 11 is 3.39. The third kappa shape index (κ3) is 3.98. The van der Waals surface area contributed by atoms with Gasteiger partial charge >= 0.3 is 0 Å². The molecule has 3 N–H and O–H groups in total. The zero-order valence-electron chi connectivity index (χ0n) is 11.9. The molecule has 0 saturated carbocycles. The van der Waals surface area contributed by atoms with Crippen LogP contribution in [0.4, 0.5) is 11.4 Å². The maximum atomic E-state index is 12.2. The number of hydrogen-bond donors (Lipinski definition) is 2. The van der Waals surface area contributed by atoms with Crippen LogP contribution in [0.3, 0.4) is 0 Å². The molecule has 0 aliphatic rings. The van der Waals surface area contributed by atoms with Crippen molar-refractivity contribution in [2.75, 3.05) is 11.1 Å². The molecule has 0 bridgehead atoms. The standard InChI is InChI=1S/C16H17BrN2O2/c1-10-9-12(18)7-8-14(10)19-16(20)11(2)21-15-6-4-3-5-13(15)17/h3-9,11H,18H2,1-2H3,(H,19,20). The lowest BCUT2D eigenvalue weighted by atomic mass is 10.1. The molecule has 5 heteroatoms. The number of nitrogen functional groups attached to an aromatic ring is 1. The number of aryl methyl sites for hydroxylation is 1. The molecule has 0 aliphatic carbocycles. The first-order chi connectivity index (χ1) is 9.97. The number of hydrogen-bond acceptors (Lipinski definition) is 3. The molecule has 0 aliphatic heterocycles. The topological polar surface area (TPSA) is 64.3 Å². The molecule has 2 aromatic carbocycles. The third-order valence-electron chi connectivity index (χ3n) is 3.02. The van der Waals surface area contributed by atoms with Gasteiger partial charge in [0.05, 0.1) is 4.47 Å². The van der Waals surface area contributed by atoms with Gasteiger partial charge < -0.3 is 15.8 Å². The van der Waals surface area contributed by atoms with E-state index in [4.69, 9.17) is 10.5 Å². The van der Waals surface area contributed by atoms with Crippen molar-refractivity contribution in [1.29, 1.82) is 0 Å². The summed E-state index contributed by atoms with van der Waals surface area (Å²) in [5, 5.41) is 2.84. The molecule has 0 heterocycles. The smallest absolute Gasteiger partial charge is 0.265 e. The van der Waals surface area contributed by atoms with Gasteiger partial charge in [-0.1, -0.05) is 12.1 Å². The number of anilines is 2. The van der Waals surface area contributed by atoms with Crippen molar-refractivity contribution >= 4 is 33.2 Å². The maximum Gasteiger partial charge on any atom is 0.265 e. The Morgan fingerprint density at radius 3 is 2.67 bits per heavy atom. The van der Waals surface area contributed by atoms with Crippen LogP contribution < -0.4 is 15.8 Å². The highest BCUT2D eigenvalue weighted by Crippen LogP contribution is 2.25. The Morgan fingerprint density at radius 1 is 1.29 bits per heavy atom. The first-order valence-corrected chi connectivity index (χ1v) is 7.35. The number of benzene rings is 2. The molecule has 21 heavy (non-hydrogen) atoms. The van der Waals surface area contributed by atoms with E-state index < -0.39 is 6.10 Å². The Hall–Kier alpha value is -2.01. The van der Waals surface area contributed by atoms with E-state index in [1.54, 1.807) is 19.1 Å². The number of nitrogens with two attached hydrogens (primary N) is 1. The Kier molecular flexibility index (Phi) is 4.85. The van der Waals surface area contributed by atoms with E-state index in [1.807, 2.05) is 37.3 Å². The van der Waals surface area contributed by atoms with Crippen molar-refractivity contribution in [3.8, 4) is 5.75 Å². The molecule has 2 rings (SSSR count). The van der Waals surface area contributed by atoms with E-state index in [0.29, 0.717) is 11.4 Å². The fourth-order valence-electron chi connectivity index (χ4n) is 1.85. The van der Waals surface area contributed by atoms with Gasteiger partial charge in [0.1, 0.15) is 5.75 Å². The summed E-state index contributed by atoms with van der Waals surface area (Å²) in [6.45, 7) is 3.60.